The van der Waals surface area contributed by atoms with E-state index in [1.54, 1.807) is 6.07 Å². The summed E-state index contributed by atoms with van der Waals surface area (Å²) in [5.41, 5.74) is -1.37. The van der Waals surface area contributed by atoms with Crippen LogP contribution in [0.1, 0.15) is 13.8 Å². The van der Waals surface area contributed by atoms with Crippen LogP contribution in [0.15, 0.2) is 36.4 Å². The van der Waals surface area contributed by atoms with Crippen molar-refractivity contribution in [3.63, 3.8) is 0 Å². The lowest BCUT2D eigenvalue weighted by Gasteiger charge is -2.39. The third-order valence-corrected chi connectivity index (χ3v) is 4.13. The molecule has 1 aromatic carbocycles. The first-order valence-corrected chi connectivity index (χ1v) is 9.34. The first kappa shape index (κ1) is 23.1. The second kappa shape index (κ2) is 10.1. The van der Waals surface area contributed by atoms with Gasteiger partial charge in [-0.25, -0.2) is 18.8 Å². The van der Waals surface area contributed by atoms with Gasteiger partial charge < -0.3 is 19.2 Å². The molecule has 1 aromatic rings. The number of nitrogens with zero attached hydrogens (tertiary/aromatic N) is 3. The van der Waals surface area contributed by atoms with Crippen molar-refractivity contribution < 1.29 is 33.1 Å². The molecule has 9 nitrogen and oxygen atoms in total. The lowest BCUT2D eigenvalue weighted by Crippen LogP contribution is -2.57. The molecule has 1 aliphatic heterocycles. The Labute approximate surface area is 174 Å². The van der Waals surface area contributed by atoms with Crippen LogP contribution in [-0.4, -0.2) is 78.9 Å². The van der Waals surface area contributed by atoms with Crippen LogP contribution < -0.4 is 4.74 Å². The molecule has 0 saturated heterocycles. The van der Waals surface area contributed by atoms with Crippen molar-refractivity contribution in [3.8, 4) is 5.75 Å². The summed E-state index contributed by atoms with van der Waals surface area (Å²) < 4.78 is 24.2. The van der Waals surface area contributed by atoms with Gasteiger partial charge in [-0.3, -0.25) is 4.90 Å². The normalized spacial score (nSPS) is 18.1. The van der Waals surface area contributed by atoms with Crippen LogP contribution in [0.25, 0.3) is 0 Å². The molecule has 0 spiro atoms. The number of carbonyl (C=O) groups is 3. The average molecular weight is 423 g/mol. The van der Waals surface area contributed by atoms with Crippen molar-refractivity contribution >= 4 is 18.0 Å². The Bertz CT molecular complexity index is 811. The summed E-state index contributed by atoms with van der Waals surface area (Å²) in [5.74, 6) is -1.85. The number of urea groups is 1. The van der Waals surface area contributed by atoms with Gasteiger partial charge in [0.25, 0.3) is 0 Å². The minimum atomic E-state index is -1.37. The standard InChI is InChI=1S/C20H26FN3O6/c1-20(2)23(12-13-28-16-7-5-6-15(21)14-16)19(27)24(11-10-22(3)4)30-18(26)9-8-17(25)29-20/h5-9,14H,10-13H2,1-4H3/b9-8+. The second-order valence-electron chi connectivity index (χ2n) is 7.26. The van der Waals surface area contributed by atoms with E-state index in [2.05, 4.69) is 0 Å². The number of ether oxygens (including phenoxy) is 2. The fourth-order valence-corrected chi connectivity index (χ4v) is 2.62. The summed E-state index contributed by atoms with van der Waals surface area (Å²) in [4.78, 5) is 45.3. The molecule has 0 saturated carbocycles. The van der Waals surface area contributed by atoms with Crippen molar-refractivity contribution in [2.45, 2.75) is 19.6 Å². The van der Waals surface area contributed by atoms with Crippen LogP contribution in [0.2, 0.25) is 0 Å². The van der Waals surface area contributed by atoms with Gasteiger partial charge in [0.2, 0.25) is 0 Å². The zero-order valence-electron chi connectivity index (χ0n) is 17.5. The third-order valence-electron chi connectivity index (χ3n) is 4.13. The van der Waals surface area contributed by atoms with Crippen LogP contribution in [0, 0.1) is 5.82 Å². The van der Waals surface area contributed by atoms with Crippen LogP contribution >= 0.6 is 0 Å². The number of rotatable bonds is 7. The fraction of sp³-hybridized carbons (Fsp3) is 0.450. The molecule has 0 fully saturated rings. The summed E-state index contributed by atoms with van der Waals surface area (Å²) in [6.07, 6.45) is 1.84. The zero-order valence-corrected chi connectivity index (χ0v) is 17.5. The fourth-order valence-electron chi connectivity index (χ4n) is 2.62. The number of carbonyl (C=O) groups excluding carboxylic acids is 3. The van der Waals surface area contributed by atoms with Crippen molar-refractivity contribution in [1.82, 2.24) is 14.9 Å². The maximum Gasteiger partial charge on any atom is 0.356 e. The molecule has 1 heterocycles. The smallest absolute Gasteiger partial charge is 0.356 e. The van der Waals surface area contributed by atoms with E-state index in [9.17, 15) is 18.8 Å². The summed E-state index contributed by atoms with van der Waals surface area (Å²) in [5, 5.41) is 0.912. The summed E-state index contributed by atoms with van der Waals surface area (Å²) >= 11 is 0. The maximum absolute atomic E-state index is 13.3. The van der Waals surface area contributed by atoms with E-state index >= 15 is 0 Å². The lowest BCUT2D eigenvalue weighted by atomic mass is 10.2. The quantitative estimate of drug-likeness (QED) is 0.618. The Morgan fingerprint density at radius 2 is 1.80 bits per heavy atom. The van der Waals surface area contributed by atoms with Gasteiger partial charge in [-0.2, -0.15) is 5.06 Å². The predicted molar refractivity (Wildman–Crippen MR) is 105 cm³/mol. The molecule has 0 radical (unpaired) electrons. The van der Waals surface area contributed by atoms with Crippen molar-refractivity contribution in [1.29, 1.82) is 0 Å². The van der Waals surface area contributed by atoms with E-state index in [1.807, 2.05) is 19.0 Å². The number of likely N-dealkylation sites (N-methyl/N-ethyl adjacent to an activating group) is 1. The van der Waals surface area contributed by atoms with Gasteiger partial charge in [0.1, 0.15) is 18.2 Å². The molecule has 0 aromatic heterocycles. The molecule has 0 N–H and O–H groups in total. The highest BCUT2D eigenvalue weighted by molar-refractivity contribution is 5.92. The van der Waals surface area contributed by atoms with Gasteiger partial charge in [0, 0.05) is 24.8 Å². The van der Waals surface area contributed by atoms with Gasteiger partial charge in [-0.05, 0) is 40.1 Å². The number of hydrogen-bond acceptors (Lipinski definition) is 7. The van der Waals surface area contributed by atoms with Gasteiger partial charge in [-0.15, -0.1) is 0 Å². The van der Waals surface area contributed by atoms with Gasteiger partial charge >= 0.3 is 18.0 Å². The van der Waals surface area contributed by atoms with Crippen molar-refractivity contribution in [2.24, 2.45) is 0 Å². The molecule has 1 aliphatic rings. The first-order valence-electron chi connectivity index (χ1n) is 9.34. The van der Waals surface area contributed by atoms with E-state index in [1.165, 1.54) is 36.9 Å². The highest BCUT2D eigenvalue weighted by Gasteiger charge is 2.38. The average Bonchev–Trinajstić information content (AvgIpc) is 2.65. The van der Waals surface area contributed by atoms with E-state index in [0.717, 1.165) is 17.2 Å². The molecule has 0 bridgehead atoms. The molecule has 0 atom stereocenters. The zero-order chi connectivity index (χ0) is 22.3. The second-order valence-corrected chi connectivity index (χ2v) is 7.26. The Morgan fingerprint density at radius 1 is 1.10 bits per heavy atom. The number of halogens is 1. The van der Waals surface area contributed by atoms with Gasteiger partial charge in [-0.1, -0.05) is 6.07 Å². The molecular formula is C20H26FN3O6. The topological polar surface area (TPSA) is 88.6 Å². The SMILES string of the molecule is CN(C)CCN1OC(=O)/C=C/C(=O)OC(C)(C)N(CCOc2cccc(F)c2)C1=O. The number of esters is 1. The number of benzene rings is 1. The van der Waals surface area contributed by atoms with Crippen LogP contribution in [-0.2, 0) is 19.2 Å². The summed E-state index contributed by atoms with van der Waals surface area (Å²) in [6.45, 7) is 3.56. The minimum absolute atomic E-state index is 0.0124. The predicted octanol–water partition coefficient (Wildman–Crippen LogP) is 1.80. The molecule has 2 amide bonds. The Hall–Kier alpha value is -3.14. The first-order chi connectivity index (χ1) is 14.1. The van der Waals surface area contributed by atoms with Crippen LogP contribution in [0.4, 0.5) is 9.18 Å². The van der Waals surface area contributed by atoms with Gasteiger partial charge in [0.15, 0.2) is 5.72 Å². The Morgan fingerprint density at radius 3 is 2.47 bits per heavy atom. The van der Waals surface area contributed by atoms with E-state index in [-0.39, 0.29) is 25.4 Å². The molecule has 164 valence electrons. The van der Waals surface area contributed by atoms with E-state index < -0.39 is 29.5 Å². The molecule has 0 aliphatic carbocycles. The highest BCUT2D eigenvalue weighted by Crippen LogP contribution is 2.21. The third kappa shape index (κ3) is 6.73. The molecule has 0 unspecified atom stereocenters. The lowest BCUT2D eigenvalue weighted by molar-refractivity contribution is -0.187. The highest BCUT2D eigenvalue weighted by atomic mass is 19.1. The van der Waals surface area contributed by atoms with Gasteiger partial charge in [0.05, 0.1) is 13.1 Å². The van der Waals surface area contributed by atoms with Crippen LogP contribution in [0.3, 0.4) is 0 Å². The van der Waals surface area contributed by atoms with Crippen LogP contribution in [0.5, 0.6) is 5.75 Å². The monoisotopic (exact) mass is 423 g/mol. The van der Waals surface area contributed by atoms with Crippen molar-refractivity contribution in [3.05, 3.63) is 42.2 Å². The number of amides is 2. The summed E-state index contributed by atoms with van der Waals surface area (Å²) in [7, 11) is 3.62. The van der Waals surface area contributed by atoms with Crippen molar-refractivity contribution in [2.75, 3.05) is 40.3 Å². The number of hydroxylamine groups is 2. The number of cyclic esters (lactones) is 1. The maximum atomic E-state index is 13.3. The summed E-state index contributed by atoms with van der Waals surface area (Å²) in [6, 6.07) is 4.90. The molecule has 10 heteroatoms. The Kier molecular flexibility index (Phi) is 7.76. The molecule has 2 rings (SSSR count). The molecule has 30 heavy (non-hydrogen) atoms. The van der Waals surface area contributed by atoms with E-state index in [4.69, 9.17) is 14.3 Å². The molecular weight excluding hydrogens is 397 g/mol. The van der Waals surface area contributed by atoms with E-state index in [0.29, 0.717) is 6.54 Å². The minimum Gasteiger partial charge on any atom is -0.492 e. The Balaban J connectivity index is 2.22. The number of hydrogen-bond donors (Lipinski definition) is 0. The largest absolute Gasteiger partial charge is 0.492 e.